The molecule has 0 aliphatic heterocycles. The number of rotatable bonds is 8. The molecule has 2 aromatic heterocycles. The highest BCUT2D eigenvalue weighted by Gasteiger charge is 2.19. The van der Waals surface area contributed by atoms with E-state index in [4.69, 9.17) is 13.9 Å². The predicted molar refractivity (Wildman–Crippen MR) is 101 cm³/mol. The molecule has 0 bridgehead atoms. The quantitative estimate of drug-likeness (QED) is 0.597. The van der Waals surface area contributed by atoms with E-state index in [0.29, 0.717) is 24.6 Å². The lowest BCUT2D eigenvalue weighted by atomic mass is 10.1. The van der Waals surface area contributed by atoms with Gasteiger partial charge < -0.3 is 18.8 Å². The lowest BCUT2D eigenvalue weighted by molar-refractivity contribution is -0.132. The molecule has 0 saturated heterocycles. The Kier molecular flexibility index (Phi) is 5.96. The highest BCUT2D eigenvalue weighted by atomic mass is 32.1. The molecular formula is C20H21NO4S. The zero-order valence-electron chi connectivity index (χ0n) is 14.8. The number of hydrogen-bond acceptors (Lipinski definition) is 5. The Hall–Kier alpha value is -2.73. The van der Waals surface area contributed by atoms with E-state index in [0.717, 1.165) is 16.2 Å². The van der Waals surface area contributed by atoms with E-state index < -0.39 is 0 Å². The third kappa shape index (κ3) is 4.46. The summed E-state index contributed by atoms with van der Waals surface area (Å²) in [5.74, 6) is 2.12. The molecule has 0 atom stereocenters. The Balaban J connectivity index is 1.78. The number of carbonyl (C=O) groups excluding carboxylic acids is 1. The maximum Gasteiger partial charge on any atom is 0.227 e. The topological polar surface area (TPSA) is 51.9 Å². The molecule has 0 fully saturated rings. The van der Waals surface area contributed by atoms with Crippen LogP contribution in [0.5, 0.6) is 11.5 Å². The molecule has 0 unspecified atom stereocenters. The Morgan fingerprint density at radius 1 is 1.12 bits per heavy atom. The molecule has 3 rings (SSSR count). The summed E-state index contributed by atoms with van der Waals surface area (Å²) in [6.07, 6.45) is 1.87. The molecule has 6 heteroatoms. The lowest BCUT2D eigenvalue weighted by Crippen LogP contribution is -2.31. The molecule has 0 aliphatic carbocycles. The zero-order valence-corrected chi connectivity index (χ0v) is 15.6. The second-order valence-electron chi connectivity index (χ2n) is 5.76. The molecule has 5 nitrogen and oxygen atoms in total. The van der Waals surface area contributed by atoms with Crippen LogP contribution in [-0.2, 0) is 24.3 Å². The molecular weight excluding hydrogens is 350 g/mol. The molecule has 136 valence electrons. The van der Waals surface area contributed by atoms with Gasteiger partial charge in [0, 0.05) is 16.5 Å². The first-order valence-electron chi connectivity index (χ1n) is 8.23. The summed E-state index contributed by atoms with van der Waals surface area (Å²) in [6, 6.07) is 13.2. The summed E-state index contributed by atoms with van der Waals surface area (Å²) in [5, 5.41) is 2.01. The Bertz CT molecular complexity index is 791. The molecule has 2 heterocycles. The third-order valence-corrected chi connectivity index (χ3v) is 4.90. The summed E-state index contributed by atoms with van der Waals surface area (Å²) in [7, 11) is 3.20. The van der Waals surface area contributed by atoms with Gasteiger partial charge in [-0.3, -0.25) is 4.79 Å². The predicted octanol–water partition coefficient (Wildman–Crippen LogP) is 4.13. The Labute approximate surface area is 156 Å². The van der Waals surface area contributed by atoms with Gasteiger partial charge in [-0.25, -0.2) is 0 Å². The monoisotopic (exact) mass is 371 g/mol. The van der Waals surface area contributed by atoms with Gasteiger partial charge >= 0.3 is 0 Å². The van der Waals surface area contributed by atoms with Crippen molar-refractivity contribution in [3.8, 4) is 11.5 Å². The smallest absolute Gasteiger partial charge is 0.227 e. The second kappa shape index (κ2) is 8.58. The van der Waals surface area contributed by atoms with E-state index in [1.165, 1.54) is 0 Å². The normalized spacial score (nSPS) is 10.5. The number of nitrogens with zero attached hydrogens (tertiary/aromatic N) is 1. The largest absolute Gasteiger partial charge is 0.497 e. The minimum absolute atomic E-state index is 0.0123. The van der Waals surface area contributed by atoms with Crippen LogP contribution < -0.4 is 9.47 Å². The highest BCUT2D eigenvalue weighted by molar-refractivity contribution is 7.09. The van der Waals surface area contributed by atoms with Crippen molar-refractivity contribution < 1.29 is 18.7 Å². The molecule has 3 aromatic rings. The van der Waals surface area contributed by atoms with Gasteiger partial charge in [-0.2, -0.15) is 0 Å². The molecule has 1 amide bonds. The molecule has 0 N–H and O–H groups in total. The van der Waals surface area contributed by atoms with Crippen molar-refractivity contribution in [3.63, 3.8) is 0 Å². The van der Waals surface area contributed by atoms with Crippen LogP contribution in [0.2, 0.25) is 0 Å². The van der Waals surface area contributed by atoms with Crippen LogP contribution >= 0.6 is 11.3 Å². The third-order valence-electron chi connectivity index (χ3n) is 4.04. The summed E-state index contributed by atoms with van der Waals surface area (Å²) in [6.45, 7) is 0.984. The summed E-state index contributed by atoms with van der Waals surface area (Å²) >= 11 is 1.63. The van der Waals surface area contributed by atoms with E-state index in [9.17, 15) is 4.79 Å². The van der Waals surface area contributed by atoms with Crippen LogP contribution in [0.1, 0.15) is 16.2 Å². The summed E-state index contributed by atoms with van der Waals surface area (Å²) < 4.78 is 16.1. The zero-order chi connectivity index (χ0) is 18.4. The minimum Gasteiger partial charge on any atom is -0.497 e. The fraction of sp³-hybridized carbons (Fsp3) is 0.250. The Morgan fingerprint density at radius 3 is 2.65 bits per heavy atom. The second-order valence-corrected chi connectivity index (χ2v) is 6.80. The van der Waals surface area contributed by atoms with E-state index in [2.05, 4.69) is 0 Å². The Morgan fingerprint density at radius 2 is 2.00 bits per heavy atom. The van der Waals surface area contributed by atoms with E-state index in [-0.39, 0.29) is 12.3 Å². The average Bonchev–Trinajstić information content (AvgIpc) is 3.35. The van der Waals surface area contributed by atoms with Crippen molar-refractivity contribution in [2.45, 2.75) is 19.5 Å². The molecule has 0 radical (unpaired) electrons. The fourth-order valence-electron chi connectivity index (χ4n) is 2.69. The molecule has 1 aromatic carbocycles. The number of thiophene rings is 1. The molecule has 26 heavy (non-hydrogen) atoms. The van der Waals surface area contributed by atoms with Crippen molar-refractivity contribution in [2.75, 3.05) is 14.2 Å². The first kappa shape index (κ1) is 18.1. The van der Waals surface area contributed by atoms with Crippen LogP contribution in [0.25, 0.3) is 0 Å². The van der Waals surface area contributed by atoms with Crippen LogP contribution in [-0.4, -0.2) is 25.0 Å². The van der Waals surface area contributed by atoms with Gasteiger partial charge in [-0.15, -0.1) is 11.3 Å². The highest BCUT2D eigenvalue weighted by Crippen LogP contribution is 2.26. The maximum atomic E-state index is 13.0. The maximum absolute atomic E-state index is 13.0. The number of carbonyl (C=O) groups is 1. The van der Waals surface area contributed by atoms with Crippen LogP contribution in [0.3, 0.4) is 0 Å². The first-order chi connectivity index (χ1) is 12.7. The van der Waals surface area contributed by atoms with Gasteiger partial charge in [0.15, 0.2) is 0 Å². The number of methoxy groups -OCH3 is 2. The van der Waals surface area contributed by atoms with Crippen LogP contribution in [0.15, 0.2) is 58.5 Å². The van der Waals surface area contributed by atoms with Gasteiger partial charge in [0.25, 0.3) is 0 Å². The van der Waals surface area contributed by atoms with Gasteiger partial charge in [0.2, 0.25) is 5.91 Å². The van der Waals surface area contributed by atoms with Gasteiger partial charge in [0.1, 0.15) is 17.3 Å². The van der Waals surface area contributed by atoms with Crippen molar-refractivity contribution in [1.82, 2.24) is 4.90 Å². The van der Waals surface area contributed by atoms with E-state index in [1.807, 2.05) is 41.8 Å². The number of hydrogen-bond donors (Lipinski definition) is 0. The fourth-order valence-corrected chi connectivity index (χ4v) is 3.41. The number of ether oxygens (including phenoxy) is 2. The SMILES string of the molecule is COc1ccc(CC(=O)N(Cc2ccco2)Cc2cccs2)c(OC)c1. The first-order valence-corrected chi connectivity index (χ1v) is 9.11. The molecule has 0 aliphatic rings. The standard InChI is InChI=1S/C20H21NO4S/c1-23-16-8-7-15(19(12-16)24-2)11-20(22)21(13-17-5-3-9-25-17)14-18-6-4-10-26-18/h3-10,12H,11,13-14H2,1-2H3. The van der Waals surface area contributed by atoms with Gasteiger partial charge in [-0.1, -0.05) is 12.1 Å². The van der Waals surface area contributed by atoms with E-state index in [1.54, 1.807) is 42.8 Å². The lowest BCUT2D eigenvalue weighted by Gasteiger charge is -2.22. The number of amides is 1. The molecule has 0 spiro atoms. The summed E-state index contributed by atoms with van der Waals surface area (Å²) in [5.41, 5.74) is 0.828. The van der Waals surface area contributed by atoms with Crippen molar-refractivity contribution in [1.29, 1.82) is 0 Å². The van der Waals surface area contributed by atoms with Crippen molar-refractivity contribution in [2.24, 2.45) is 0 Å². The number of furan rings is 1. The van der Waals surface area contributed by atoms with E-state index >= 15 is 0 Å². The van der Waals surface area contributed by atoms with Crippen LogP contribution in [0.4, 0.5) is 0 Å². The van der Waals surface area contributed by atoms with Crippen molar-refractivity contribution in [3.05, 3.63) is 70.3 Å². The number of benzene rings is 1. The molecule has 0 saturated carbocycles. The van der Waals surface area contributed by atoms with Gasteiger partial charge in [0.05, 0.1) is 40.0 Å². The van der Waals surface area contributed by atoms with Crippen LogP contribution in [0, 0.1) is 0 Å². The van der Waals surface area contributed by atoms with Gasteiger partial charge in [-0.05, 0) is 29.6 Å². The minimum atomic E-state index is 0.0123. The van der Waals surface area contributed by atoms with Crippen molar-refractivity contribution >= 4 is 17.2 Å². The average molecular weight is 371 g/mol. The summed E-state index contributed by atoms with van der Waals surface area (Å²) in [4.78, 5) is 15.9.